The molecule has 1 saturated heterocycles. The summed E-state index contributed by atoms with van der Waals surface area (Å²) >= 11 is 1.41. The zero-order chi connectivity index (χ0) is 19.1. The minimum absolute atomic E-state index is 0.0797. The first-order chi connectivity index (χ1) is 13.7. The van der Waals surface area contributed by atoms with E-state index in [4.69, 9.17) is 4.42 Å². The van der Waals surface area contributed by atoms with Gasteiger partial charge in [0.05, 0.1) is 17.2 Å². The fourth-order valence-electron chi connectivity index (χ4n) is 3.63. The molecule has 0 aliphatic carbocycles. The summed E-state index contributed by atoms with van der Waals surface area (Å²) < 4.78 is 6.82. The number of likely N-dealkylation sites (tertiary alicyclic amines) is 1. The van der Waals surface area contributed by atoms with E-state index < -0.39 is 0 Å². The van der Waals surface area contributed by atoms with Crippen LogP contribution in [0.1, 0.15) is 29.3 Å². The molecule has 5 rings (SSSR count). The fourth-order valence-corrected chi connectivity index (χ4v) is 4.75. The molecule has 0 bridgehead atoms. The van der Waals surface area contributed by atoms with Crippen molar-refractivity contribution in [3.05, 3.63) is 59.2 Å². The number of nitrogens with zero attached hydrogens (tertiary/aromatic N) is 4. The average molecular weight is 394 g/mol. The van der Waals surface area contributed by atoms with Crippen LogP contribution < -0.4 is 0 Å². The van der Waals surface area contributed by atoms with Crippen molar-refractivity contribution in [2.45, 2.75) is 18.9 Å². The number of benzene rings is 1. The normalized spacial score (nSPS) is 16.6. The van der Waals surface area contributed by atoms with Crippen molar-refractivity contribution < 1.29 is 14.3 Å². The van der Waals surface area contributed by atoms with Gasteiger partial charge in [-0.15, -0.1) is 5.10 Å². The first kappa shape index (κ1) is 17.2. The van der Waals surface area contributed by atoms with Gasteiger partial charge in [-0.3, -0.25) is 9.69 Å². The molecular formula is C20H18N4O3S. The summed E-state index contributed by atoms with van der Waals surface area (Å²) in [5.41, 5.74) is 1.07. The Hall–Kier alpha value is -2.97. The van der Waals surface area contributed by atoms with E-state index in [2.05, 4.69) is 15.0 Å². The molecule has 8 heteroatoms. The number of piperidine rings is 1. The van der Waals surface area contributed by atoms with Gasteiger partial charge in [-0.25, -0.2) is 0 Å². The maximum absolute atomic E-state index is 11.7. The van der Waals surface area contributed by atoms with Crippen LogP contribution in [-0.4, -0.2) is 43.5 Å². The van der Waals surface area contributed by atoms with Crippen LogP contribution in [0.5, 0.6) is 5.88 Å². The molecule has 28 heavy (non-hydrogen) atoms. The first-order valence-electron chi connectivity index (χ1n) is 9.13. The molecule has 4 aromatic rings. The smallest absolute Gasteiger partial charge is 0.230 e. The third-order valence-electron chi connectivity index (χ3n) is 5.03. The molecule has 7 nitrogen and oxygen atoms in total. The van der Waals surface area contributed by atoms with Gasteiger partial charge in [0, 0.05) is 25.9 Å². The largest absolute Gasteiger partial charge is 0.492 e. The Bertz CT molecular complexity index is 1110. The number of Topliss-reactive ketones (excluding diaryl/α,β-unsaturated/α-hetero) is 1. The predicted octanol–water partition coefficient (Wildman–Crippen LogP) is 3.51. The summed E-state index contributed by atoms with van der Waals surface area (Å²) in [5, 5.41) is 15.4. The van der Waals surface area contributed by atoms with E-state index in [0.29, 0.717) is 42.5 Å². The van der Waals surface area contributed by atoms with E-state index in [1.54, 1.807) is 18.4 Å². The highest BCUT2D eigenvalue weighted by Gasteiger charge is 2.31. The number of hydrogen-bond acceptors (Lipinski definition) is 7. The van der Waals surface area contributed by atoms with Gasteiger partial charge in [-0.1, -0.05) is 41.7 Å². The van der Waals surface area contributed by atoms with E-state index in [-0.39, 0.29) is 17.7 Å². The van der Waals surface area contributed by atoms with Gasteiger partial charge in [0.2, 0.25) is 16.7 Å². The van der Waals surface area contributed by atoms with Crippen LogP contribution in [0.25, 0.3) is 16.5 Å². The molecule has 0 amide bonds. The Labute approximate surface area is 164 Å². The average Bonchev–Trinajstić information content (AvgIpc) is 3.43. The summed E-state index contributed by atoms with van der Waals surface area (Å²) in [6.45, 7) is 1.34. The monoisotopic (exact) mass is 394 g/mol. The number of carbonyl (C=O) groups excluding carboxylic acids is 1. The zero-order valence-electron chi connectivity index (χ0n) is 15.0. The van der Waals surface area contributed by atoms with Gasteiger partial charge in [0.15, 0.2) is 5.76 Å². The van der Waals surface area contributed by atoms with Crippen LogP contribution in [0.15, 0.2) is 53.1 Å². The fraction of sp³-hybridized carbons (Fsp3) is 0.250. The molecule has 3 aromatic heterocycles. The molecule has 1 fully saturated rings. The molecule has 4 heterocycles. The summed E-state index contributed by atoms with van der Waals surface area (Å²) in [6, 6.07) is 13.5. The maximum Gasteiger partial charge on any atom is 0.230 e. The maximum atomic E-state index is 11.7. The molecule has 1 aliphatic rings. The summed E-state index contributed by atoms with van der Waals surface area (Å²) in [7, 11) is 0. The molecule has 1 aromatic carbocycles. The molecular weight excluding hydrogens is 376 g/mol. The highest BCUT2D eigenvalue weighted by Crippen LogP contribution is 2.41. The molecule has 0 saturated carbocycles. The first-order valence-corrected chi connectivity index (χ1v) is 9.95. The topological polar surface area (TPSA) is 83.9 Å². The van der Waals surface area contributed by atoms with Gasteiger partial charge in [-0.05, 0) is 17.7 Å². The molecule has 142 valence electrons. The Morgan fingerprint density at radius 3 is 2.57 bits per heavy atom. The number of rotatable bonds is 4. The van der Waals surface area contributed by atoms with E-state index in [1.807, 2.05) is 30.3 Å². The Kier molecular flexibility index (Phi) is 4.22. The van der Waals surface area contributed by atoms with Crippen molar-refractivity contribution in [3.8, 4) is 17.5 Å². The number of ketones is 1. The minimum Gasteiger partial charge on any atom is -0.492 e. The third-order valence-corrected chi connectivity index (χ3v) is 6.10. The molecule has 1 unspecified atom stereocenters. The molecule has 1 N–H and O–H groups in total. The van der Waals surface area contributed by atoms with Gasteiger partial charge >= 0.3 is 0 Å². The second-order valence-corrected chi connectivity index (χ2v) is 7.79. The molecule has 0 radical (unpaired) electrons. The highest BCUT2D eigenvalue weighted by molar-refractivity contribution is 7.17. The van der Waals surface area contributed by atoms with Crippen LogP contribution in [-0.2, 0) is 4.79 Å². The third kappa shape index (κ3) is 2.90. The van der Waals surface area contributed by atoms with E-state index >= 15 is 0 Å². The standard InChI is InChI=1S/C20H18N4O3S/c25-14-8-10-23(11-9-14)16(13-5-2-1-3-6-13)17-19(26)24-20(28-17)21-18(22-24)15-7-4-12-27-15/h1-7,12,16,26H,8-11H2. The molecule has 1 atom stereocenters. The lowest BCUT2D eigenvalue weighted by Crippen LogP contribution is -2.37. The van der Waals surface area contributed by atoms with Gasteiger partial charge in [0.1, 0.15) is 5.78 Å². The number of thiazole rings is 1. The van der Waals surface area contributed by atoms with E-state index in [0.717, 1.165) is 10.4 Å². The Morgan fingerprint density at radius 1 is 1.11 bits per heavy atom. The Morgan fingerprint density at radius 2 is 1.89 bits per heavy atom. The number of aromatic hydroxyl groups is 1. The lowest BCUT2D eigenvalue weighted by atomic mass is 10.00. The summed E-state index contributed by atoms with van der Waals surface area (Å²) in [5.74, 6) is 1.37. The van der Waals surface area contributed by atoms with E-state index in [9.17, 15) is 9.90 Å². The predicted molar refractivity (Wildman–Crippen MR) is 104 cm³/mol. The summed E-state index contributed by atoms with van der Waals surface area (Å²) in [6.07, 6.45) is 2.64. The molecule has 0 spiro atoms. The Balaban J connectivity index is 1.58. The second-order valence-electron chi connectivity index (χ2n) is 6.78. The quantitative estimate of drug-likeness (QED) is 0.570. The lowest BCUT2D eigenvalue weighted by molar-refractivity contribution is -0.121. The van der Waals surface area contributed by atoms with Gasteiger partial charge in [-0.2, -0.15) is 9.50 Å². The summed E-state index contributed by atoms with van der Waals surface area (Å²) in [4.78, 5) is 19.9. The lowest BCUT2D eigenvalue weighted by Gasteiger charge is -2.33. The number of furan rings is 1. The minimum atomic E-state index is -0.144. The number of hydrogen-bond donors (Lipinski definition) is 1. The van der Waals surface area contributed by atoms with Gasteiger partial charge in [0.25, 0.3) is 0 Å². The van der Waals surface area contributed by atoms with Crippen molar-refractivity contribution in [3.63, 3.8) is 0 Å². The van der Waals surface area contributed by atoms with Crippen molar-refractivity contribution in [2.24, 2.45) is 0 Å². The molecule has 1 aliphatic heterocycles. The van der Waals surface area contributed by atoms with Crippen LogP contribution in [0.3, 0.4) is 0 Å². The van der Waals surface area contributed by atoms with Crippen molar-refractivity contribution in [1.29, 1.82) is 0 Å². The highest BCUT2D eigenvalue weighted by atomic mass is 32.1. The van der Waals surface area contributed by atoms with Gasteiger partial charge < -0.3 is 9.52 Å². The van der Waals surface area contributed by atoms with Crippen LogP contribution in [0.4, 0.5) is 0 Å². The van der Waals surface area contributed by atoms with E-state index in [1.165, 1.54) is 15.9 Å². The zero-order valence-corrected chi connectivity index (χ0v) is 15.8. The number of carbonyl (C=O) groups is 1. The second kappa shape index (κ2) is 6.88. The van der Waals surface area contributed by atoms with Crippen molar-refractivity contribution in [1.82, 2.24) is 19.5 Å². The SMILES string of the molecule is O=C1CCN(C(c2ccccc2)c2sc3nc(-c4ccco4)nn3c2O)CC1. The van der Waals surface area contributed by atoms with Crippen molar-refractivity contribution >= 4 is 22.1 Å². The van der Waals surface area contributed by atoms with Crippen LogP contribution in [0, 0.1) is 0 Å². The van der Waals surface area contributed by atoms with Crippen molar-refractivity contribution in [2.75, 3.05) is 13.1 Å². The number of fused-ring (bicyclic) bond motifs is 1. The number of aromatic nitrogens is 3. The van der Waals surface area contributed by atoms with Crippen LogP contribution in [0.2, 0.25) is 0 Å². The van der Waals surface area contributed by atoms with Crippen LogP contribution >= 0.6 is 11.3 Å².